The summed E-state index contributed by atoms with van der Waals surface area (Å²) < 4.78 is 0. The van der Waals surface area contributed by atoms with E-state index < -0.39 is 5.97 Å². The lowest BCUT2D eigenvalue weighted by molar-refractivity contribution is -0.134. The molecular formula is C13H20N2O2. The normalized spacial score (nSPS) is 10.2. The summed E-state index contributed by atoms with van der Waals surface area (Å²) in [5.74, 6) is -0.851. The average Bonchev–Trinajstić information content (AvgIpc) is 2.14. The Labute approximate surface area is 102 Å². The lowest BCUT2D eigenvalue weighted by Gasteiger charge is -2.23. The molecule has 0 bridgehead atoms. The summed E-state index contributed by atoms with van der Waals surface area (Å²) in [5, 5.41) is 11.7. The molecule has 0 aliphatic carbocycles. The van der Waals surface area contributed by atoms with Crippen molar-refractivity contribution in [3.63, 3.8) is 0 Å². The number of carboxylic acids is 1. The zero-order valence-electron chi connectivity index (χ0n) is 11.1. The predicted molar refractivity (Wildman–Crippen MR) is 71.1 cm³/mol. The van der Waals surface area contributed by atoms with Gasteiger partial charge in [0.1, 0.15) is 6.54 Å². The van der Waals surface area contributed by atoms with Crippen LogP contribution in [0.25, 0.3) is 0 Å². The standard InChI is InChI=1S/C13H20N2O2/c1-8-6-9(2)13(15(4)5)10(3)12(8)14-7-11(16)17/h6,14H,7H2,1-5H3,(H,16,17). The maximum absolute atomic E-state index is 10.6. The molecule has 0 heterocycles. The van der Waals surface area contributed by atoms with Crippen molar-refractivity contribution in [3.8, 4) is 0 Å². The second-order valence-corrected chi connectivity index (χ2v) is 4.50. The van der Waals surface area contributed by atoms with E-state index in [4.69, 9.17) is 5.11 Å². The minimum absolute atomic E-state index is 0.0579. The van der Waals surface area contributed by atoms with E-state index in [9.17, 15) is 4.79 Å². The van der Waals surface area contributed by atoms with Gasteiger partial charge in [-0.2, -0.15) is 0 Å². The second-order valence-electron chi connectivity index (χ2n) is 4.50. The molecule has 1 rings (SSSR count). The van der Waals surface area contributed by atoms with Crippen molar-refractivity contribution < 1.29 is 9.90 Å². The second kappa shape index (κ2) is 5.08. The first kappa shape index (κ1) is 13.4. The molecule has 94 valence electrons. The van der Waals surface area contributed by atoms with E-state index in [1.165, 1.54) is 5.56 Å². The SMILES string of the molecule is Cc1cc(C)c(N(C)C)c(C)c1NCC(=O)O. The molecule has 17 heavy (non-hydrogen) atoms. The van der Waals surface area contributed by atoms with Crippen LogP contribution in [-0.4, -0.2) is 31.7 Å². The third-order valence-corrected chi connectivity index (χ3v) is 2.79. The minimum Gasteiger partial charge on any atom is -0.480 e. The smallest absolute Gasteiger partial charge is 0.322 e. The number of carbonyl (C=O) groups is 1. The van der Waals surface area contributed by atoms with Crippen molar-refractivity contribution in [1.29, 1.82) is 0 Å². The number of benzene rings is 1. The van der Waals surface area contributed by atoms with E-state index >= 15 is 0 Å². The first-order valence-electron chi connectivity index (χ1n) is 5.58. The molecule has 0 amide bonds. The van der Waals surface area contributed by atoms with Crippen LogP contribution in [0.4, 0.5) is 11.4 Å². The van der Waals surface area contributed by atoms with Gasteiger partial charge in [0, 0.05) is 25.5 Å². The summed E-state index contributed by atoms with van der Waals surface area (Å²) in [6, 6.07) is 2.08. The molecule has 0 aromatic heterocycles. The maximum Gasteiger partial charge on any atom is 0.322 e. The molecule has 0 fully saturated rings. The number of aliphatic carboxylic acids is 1. The fourth-order valence-corrected chi connectivity index (χ4v) is 2.30. The van der Waals surface area contributed by atoms with Crippen LogP contribution in [-0.2, 0) is 4.79 Å². The van der Waals surface area contributed by atoms with E-state index in [0.717, 1.165) is 22.5 Å². The van der Waals surface area contributed by atoms with E-state index in [1.807, 2.05) is 27.9 Å². The van der Waals surface area contributed by atoms with Gasteiger partial charge in [-0.05, 0) is 37.5 Å². The lowest BCUT2D eigenvalue weighted by atomic mass is 10.0. The molecule has 0 atom stereocenters. The van der Waals surface area contributed by atoms with Gasteiger partial charge in [-0.15, -0.1) is 0 Å². The predicted octanol–water partition coefficient (Wildman–Crippen LogP) is 2.17. The number of anilines is 2. The van der Waals surface area contributed by atoms with E-state index in [-0.39, 0.29) is 6.54 Å². The summed E-state index contributed by atoms with van der Waals surface area (Å²) in [7, 11) is 3.98. The van der Waals surface area contributed by atoms with Gasteiger partial charge in [0.15, 0.2) is 0 Å². The molecule has 0 spiro atoms. The van der Waals surface area contributed by atoms with Crippen LogP contribution in [0.15, 0.2) is 6.07 Å². The number of rotatable bonds is 4. The largest absolute Gasteiger partial charge is 0.480 e. The number of nitrogens with zero attached hydrogens (tertiary/aromatic N) is 1. The van der Waals surface area contributed by atoms with Crippen molar-refractivity contribution in [1.82, 2.24) is 0 Å². The Morgan fingerprint density at radius 1 is 1.29 bits per heavy atom. The van der Waals surface area contributed by atoms with Crippen molar-refractivity contribution >= 4 is 17.3 Å². The van der Waals surface area contributed by atoms with Crippen LogP contribution >= 0.6 is 0 Å². The molecule has 4 heteroatoms. The van der Waals surface area contributed by atoms with Crippen LogP contribution < -0.4 is 10.2 Å². The number of aryl methyl sites for hydroxylation is 2. The van der Waals surface area contributed by atoms with Crippen LogP contribution in [0.3, 0.4) is 0 Å². The van der Waals surface area contributed by atoms with Crippen molar-refractivity contribution in [3.05, 3.63) is 22.8 Å². The monoisotopic (exact) mass is 236 g/mol. The lowest BCUT2D eigenvalue weighted by Crippen LogP contribution is -2.17. The molecule has 0 aliphatic rings. The minimum atomic E-state index is -0.851. The highest BCUT2D eigenvalue weighted by atomic mass is 16.4. The summed E-state index contributed by atoms with van der Waals surface area (Å²) in [6.45, 7) is 6.01. The Bertz CT molecular complexity index is 440. The highest BCUT2D eigenvalue weighted by Gasteiger charge is 2.12. The zero-order valence-corrected chi connectivity index (χ0v) is 11.1. The average molecular weight is 236 g/mol. The first-order valence-corrected chi connectivity index (χ1v) is 5.58. The highest BCUT2D eigenvalue weighted by molar-refractivity contribution is 5.77. The van der Waals surface area contributed by atoms with Gasteiger partial charge >= 0.3 is 5.97 Å². The zero-order chi connectivity index (χ0) is 13.2. The number of hydrogen-bond acceptors (Lipinski definition) is 3. The maximum atomic E-state index is 10.6. The van der Waals surface area contributed by atoms with Crippen molar-refractivity contribution in [2.75, 3.05) is 30.9 Å². The van der Waals surface area contributed by atoms with Gasteiger partial charge in [-0.25, -0.2) is 0 Å². The van der Waals surface area contributed by atoms with E-state index in [1.54, 1.807) is 0 Å². The summed E-state index contributed by atoms with van der Waals surface area (Å²) in [5.41, 5.74) is 5.43. The summed E-state index contributed by atoms with van der Waals surface area (Å²) in [6.07, 6.45) is 0. The van der Waals surface area contributed by atoms with Gasteiger partial charge in [0.2, 0.25) is 0 Å². The Morgan fingerprint density at radius 3 is 2.35 bits per heavy atom. The van der Waals surface area contributed by atoms with Gasteiger partial charge in [0.25, 0.3) is 0 Å². The highest BCUT2D eigenvalue weighted by Crippen LogP contribution is 2.32. The molecule has 0 aliphatic heterocycles. The van der Waals surface area contributed by atoms with Crippen molar-refractivity contribution in [2.24, 2.45) is 0 Å². The summed E-state index contributed by atoms with van der Waals surface area (Å²) in [4.78, 5) is 12.7. The molecule has 0 radical (unpaired) electrons. The van der Waals surface area contributed by atoms with Crippen LogP contribution in [0, 0.1) is 20.8 Å². The number of nitrogens with one attached hydrogen (secondary N) is 1. The van der Waals surface area contributed by atoms with Gasteiger partial charge in [-0.3, -0.25) is 4.79 Å². The molecule has 1 aromatic carbocycles. The molecule has 0 unspecified atom stereocenters. The van der Waals surface area contributed by atoms with E-state index in [0.29, 0.717) is 0 Å². The Balaban J connectivity index is 3.21. The molecule has 0 saturated heterocycles. The Kier molecular flexibility index (Phi) is 3.99. The van der Waals surface area contributed by atoms with Crippen LogP contribution in [0.1, 0.15) is 16.7 Å². The fourth-order valence-electron chi connectivity index (χ4n) is 2.30. The molecule has 2 N–H and O–H groups in total. The molecular weight excluding hydrogens is 216 g/mol. The van der Waals surface area contributed by atoms with E-state index in [2.05, 4.69) is 23.2 Å². The molecule has 0 saturated carbocycles. The fraction of sp³-hybridized carbons (Fsp3) is 0.462. The summed E-state index contributed by atoms with van der Waals surface area (Å²) >= 11 is 0. The van der Waals surface area contributed by atoms with Gasteiger partial charge < -0.3 is 15.3 Å². The van der Waals surface area contributed by atoms with Crippen LogP contribution in [0.2, 0.25) is 0 Å². The van der Waals surface area contributed by atoms with Crippen molar-refractivity contribution in [2.45, 2.75) is 20.8 Å². The molecule has 1 aromatic rings. The van der Waals surface area contributed by atoms with Gasteiger partial charge in [0.05, 0.1) is 0 Å². The van der Waals surface area contributed by atoms with Crippen LogP contribution in [0.5, 0.6) is 0 Å². The topological polar surface area (TPSA) is 52.6 Å². The Hall–Kier alpha value is -1.71. The third-order valence-electron chi connectivity index (χ3n) is 2.79. The first-order chi connectivity index (χ1) is 7.84. The number of carboxylic acid groups (broad SMARTS) is 1. The Morgan fingerprint density at radius 2 is 1.88 bits per heavy atom. The third kappa shape index (κ3) is 2.90. The molecule has 4 nitrogen and oxygen atoms in total. The van der Waals surface area contributed by atoms with Gasteiger partial charge in [-0.1, -0.05) is 6.07 Å². The number of hydrogen-bond donors (Lipinski definition) is 2. The quantitative estimate of drug-likeness (QED) is 0.841.